The summed E-state index contributed by atoms with van der Waals surface area (Å²) in [5.74, 6) is 1.65. The number of hydrogen-bond acceptors (Lipinski definition) is 5. The van der Waals surface area contributed by atoms with E-state index in [4.69, 9.17) is 18.9 Å². The second kappa shape index (κ2) is 12.0. The molecular weight excluding hydrogens is 480 g/mol. The Bertz CT molecular complexity index is 1190. The fourth-order valence-electron chi connectivity index (χ4n) is 4.40. The van der Waals surface area contributed by atoms with E-state index < -0.39 is 0 Å². The molecule has 0 radical (unpaired) electrons. The number of thiophene rings is 1. The highest BCUT2D eigenvalue weighted by Crippen LogP contribution is 2.45. The number of methoxy groups -OCH3 is 2. The molecule has 0 bridgehead atoms. The number of benzene rings is 2. The summed E-state index contributed by atoms with van der Waals surface area (Å²) in [6.45, 7) is 20.1. The number of rotatable bonds is 10. The third-order valence-electron chi connectivity index (χ3n) is 6.60. The monoisotopic (exact) mass is 524 g/mol. The molecule has 0 aliphatic rings. The minimum atomic E-state index is -0.00243. The first-order chi connectivity index (χ1) is 17.4. The van der Waals surface area contributed by atoms with Crippen LogP contribution in [0.2, 0.25) is 0 Å². The summed E-state index contributed by atoms with van der Waals surface area (Å²) in [5, 5.41) is 0. The molecule has 0 saturated carbocycles. The van der Waals surface area contributed by atoms with E-state index in [1.165, 1.54) is 32.0 Å². The predicted octanol–water partition coefficient (Wildman–Crippen LogP) is 8.34. The van der Waals surface area contributed by atoms with Gasteiger partial charge in [0.15, 0.2) is 0 Å². The zero-order chi connectivity index (χ0) is 27.4. The van der Waals surface area contributed by atoms with Crippen molar-refractivity contribution in [3.8, 4) is 33.1 Å². The second-order valence-electron chi connectivity index (χ2n) is 11.6. The Morgan fingerprint density at radius 3 is 1.68 bits per heavy atom. The lowest BCUT2D eigenvalue weighted by Crippen LogP contribution is -2.12. The topological polar surface area (TPSA) is 36.9 Å². The summed E-state index contributed by atoms with van der Waals surface area (Å²) in [7, 11) is 3.38. The molecule has 5 heteroatoms. The molecule has 0 fully saturated rings. The first-order valence-corrected chi connectivity index (χ1v) is 13.8. The van der Waals surface area contributed by atoms with E-state index in [1.807, 2.05) is 11.3 Å². The Morgan fingerprint density at radius 1 is 0.649 bits per heavy atom. The Morgan fingerprint density at radius 2 is 1.19 bits per heavy atom. The lowest BCUT2D eigenvalue weighted by Gasteiger charge is -2.23. The first kappa shape index (κ1) is 29.2. The molecule has 37 heavy (non-hydrogen) atoms. The van der Waals surface area contributed by atoms with Crippen LogP contribution in [-0.2, 0) is 20.3 Å². The molecule has 1 aromatic heterocycles. The molecule has 0 atom stereocenters. The van der Waals surface area contributed by atoms with E-state index >= 15 is 0 Å². The van der Waals surface area contributed by atoms with Gasteiger partial charge in [-0.25, -0.2) is 0 Å². The van der Waals surface area contributed by atoms with Crippen molar-refractivity contribution in [2.75, 3.05) is 40.6 Å². The summed E-state index contributed by atoms with van der Waals surface area (Å²) >= 11 is 1.90. The maximum atomic E-state index is 6.24. The van der Waals surface area contributed by atoms with Gasteiger partial charge in [0, 0.05) is 35.1 Å². The van der Waals surface area contributed by atoms with Crippen LogP contribution >= 0.6 is 11.3 Å². The van der Waals surface area contributed by atoms with E-state index in [0.717, 1.165) is 22.6 Å². The molecule has 0 aliphatic carbocycles. The van der Waals surface area contributed by atoms with E-state index in [-0.39, 0.29) is 10.8 Å². The maximum absolute atomic E-state index is 6.24. The van der Waals surface area contributed by atoms with Gasteiger partial charge in [-0.1, -0.05) is 47.6 Å². The summed E-state index contributed by atoms with van der Waals surface area (Å²) in [6.07, 6.45) is 0. The SMILES string of the molecule is COCCOc1ccc(-c2sc(C(C)(C)C)c(C)c2C)cc1-c1cc(C(C)(C)C)ccc1OCCOC. The van der Waals surface area contributed by atoms with Crippen molar-refractivity contribution in [2.24, 2.45) is 0 Å². The summed E-state index contributed by atoms with van der Waals surface area (Å²) < 4.78 is 23.0. The van der Waals surface area contributed by atoms with E-state index in [2.05, 4.69) is 91.8 Å². The third-order valence-corrected chi connectivity index (χ3v) is 8.47. The zero-order valence-corrected chi connectivity index (χ0v) is 25.2. The molecule has 2 aromatic carbocycles. The molecule has 202 valence electrons. The van der Waals surface area contributed by atoms with Gasteiger partial charge in [-0.05, 0) is 77.3 Å². The van der Waals surface area contributed by atoms with Gasteiger partial charge in [0.1, 0.15) is 24.7 Å². The summed E-state index contributed by atoms with van der Waals surface area (Å²) in [6, 6.07) is 13.0. The molecule has 1 heterocycles. The quantitative estimate of drug-likeness (QED) is 0.250. The van der Waals surface area contributed by atoms with Crippen LogP contribution in [0.25, 0.3) is 21.6 Å². The smallest absolute Gasteiger partial charge is 0.127 e. The van der Waals surface area contributed by atoms with Crippen molar-refractivity contribution in [2.45, 2.75) is 66.2 Å². The van der Waals surface area contributed by atoms with Gasteiger partial charge < -0.3 is 18.9 Å². The molecule has 0 N–H and O–H groups in total. The van der Waals surface area contributed by atoms with Crippen molar-refractivity contribution >= 4 is 11.3 Å². The van der Waals surface area contributed by atoms with Gasteiger partial charge in [-0.2, -0.15) is 0 Å². The Labute approximate surface area is 227 Å². The molecule has 3 aromatic rings. The molecule has 3 rings (SSSR count). The van der Waals surface area contributed by atoms with Crippen LogP contribution in [0.1, 0.15) is 63.1 Å². The van der Waals surface area contributed by atoms with E-state index in [0.29, 0.717) is 26.4 Å². The lowest BCUT2D eigenvalue weighted by molar-refractivity contribution is 0.145. The predicted molar refractivity (Wildman–Crippen MR) is 157 cm³/mol. The highest BCUT2D eigenvalue weighted by molar-refractivity contribution is 7.16. The average molecular weight is 525 g/mol. The van der Waals surface area contributed by atoms with Gasteiger partial charge in [0.05, 0.1) is 13.2 Å². The average Bonchev–Trinajstić information content (AvgIpc) is 3.14. The maximum Gasteiger partial charge on any atom is 0.127 e. The van der Waals surface area contributed by atoms with Crippen LogP contribution in [-0.4, -0.2) is 40.6 Å². The van der Waals surface area contributed by atoms with Crippen molar-refractivity contribution in [1.82, 2.24) is 0 Å². The Hall–Kier alpha value is -2.34. The molecule has 0 spiro atoms. The van der Waals surface area contributed by atoms with E-state index in [9.17, 15) is 0 Å². The van der Waals surface area contributed by atoms with Gasteiger partial charge in [-0.15, -0.1) is 11.3 Å². The van der Waals surface area contributed by atoms with Gasteiger partial charge in [-0.3, -0.25) is 0 Å². The molecule has 4 nitrogen and oxygen atoms in total. The first-order valence-electron chi connectivity index (χ1n) is 13.0. The minimum Gasteiger partial charge on any atom is -0.491 e. The molecule has 0 amide bonds. The van der Waals surface area contributed by atoms with Crippen molar-refractivity contribution < 1.29 is 18.9 Å². The van der Waals surface area contributed by atoms with Crippen molar-refractivity contribution in [1.29, 1.82) is 0 Å². The Kier molecular flexibility index (Phi) is 9.49. The molecule has 0 aliphatic heterocycles. The fourth-order valence-corrected chi connectivity index (χ4v) is 5.76. The van der Waals surface area contributed by atoms with Gasteiger partial charge in [0.2, 0.25) is 0 Å². The van der Waals surface area contributed by atoms with Crippen LogP contribution in [0, 0.1) is 13.8 Å². The summed E-state index contributed by atoms with van der Waals surface area (Å²) in [5.41, 5.74) is 7.31. The fraction of sp³-hybridized carbons (Fsp3) is 0.500. The van der Waals surface area contributed by atoms with Crippen LogP contribution in [0.3, 0.4) is 0 Å². The normalized spacial score (nSPS) is 12.2. The second-order valence-corrected chi connectivity index (χ2v) is 12.6. The lowest BCUT2D eigenvalue weighted by atomic mass is 9.85. The zero-order valence-electron chi connectivity index (χ0n) is 24.3. The van der Waals surface area contributed by atoms with Crippen molar-refractivity contribution in [3.63, 3.8) is 0 Å². The molecule has 0 saturated heterocycles. The number of hydrogen-bond donors (Lipinski definition) is 0. The summed E-state index contributed by atoms with van der Waals surface area (Å²) in [4.78, 5) is 2.74. The highest BCUT2D eigenvalue weighted by atomic mass is 32.1. The standard InChI is InChI=1S/C32H44O4S/c1-21-22(2)30(32(6,7)8)37-29(21)23-11-13-27(35-17-15-33-9)25(19-23)26-20-24(31(3,4)5)12-14-28(26)36-18-16-34-10/h11-14,19-20H,15-18H2,1-10H3. The van der Waals surface area contributed by atoms with E-state index in [1.54, 1.807) is 14.2 Å². The van der Waals surface area contributed by atoms with Gasteiger partial charge >= 0.3 is 0 Å². The van der Waals surface area contributed by atoms with Crippen LogP contribution < -0.4 is 9.47 Å². The Balaban J connectivity index is 2.23. The largest absolute Gasteiger partial charge is 0.491 e. The van der Waals surface area contributed by atoms with Crippen LogP contribution in [0.5, 0.6) is 11.5 Å². The number of ether oxygens (including phenoxy) is 4. The van der Waals surface area contributed by atoms with Crippen LogP contribution in [0.15, 0.2) is 36.4 Å². The molecule has 0 unspecified atom stereocenters. The molecular formula is C32H44O4S. The van der Waals surface area contributed by atoms with Crippen LogP contribution in [0.4, 0.5) is 0 Å². The highest BCUT2D eigenvalue weighted by Gasteiger charge is 2.24. The van der Waals surface area contributed by atoms with Crippen molar-refractivity contribution in [3.05, 3.63) is 58.0 Å². The minimum absolute atomic E-state index is 0.00243. The van der Waals surface area contributed by atoms with Gasteiger partial charge in [0.25, 0.3) is 0 Å². The third kappa shape index (κ3) is 6.95.